The summed E-state index contributed by atoms with van der Waals surface area (Å²) in [6.07, 6.45) is 0. The first-order valence-electron chi connectivity index (χ1n) is 10.9. The van der Waals surface area contributed by atoms with Gasteiger partial charge in [0.1, 0.15) is 0 Å². The normalized spacial score (nSPS) is 27.3. The van der Waals surface area contributed by atoms with Crippen LogP contribution in [-0.4, -0.2) is 149 Å². The summed E-state index contributed by atoms with van der Waals surface area (Å²) in [5.41, 5.74) is -0.694. The Labute approximate surface area is 407 Å². The topological polar surface area (TPSA) is 340 Å². The number of carbonyl (C=O) groups is 1. The minimum atomic E-state index is -4.48. The van der Waals surface area contributed by atoms with E-state index in [4.69, 9.17) is 9.66 Å². The minimum absolute atomic E-state index is 0. The van der Waals surface area contributed by atoms with E-state index >= 15 is 0 Å². The van der Waals surface area contributed by atoms with Crippen molar-refractivity contribution in [3.8, 4) is 5.75 Å². The molecule has 9 rings (SSSR count). The average molecular weight is 1460 g/mol. The number of nitrogens with zero attached hydrogens (tertiary/aromatic N) is 8. The number of aromatic carboxylic acids is 1. The van der Waals surface area contributed by atoms with Crippen molar-refractivity contribution in [3.63, 3.8) is 0 Å². The number of nitrogens with two attached hydrogens (primary N) is 5. The zero-order valence-corrected chi connectivity index (χ0v) is 37.2. The van der Waals surface area contributed by atoms with Gasteiger partial charge >= 0.3 is 163 Å². The van der Waals surface area contributed by atoms with Gasteiger partial charge in [-0.2, -0.15) is 8.42 Å². The van der Waals surface area contributed by atoms with Gasteiger partial charge in [-0.3, -0.25) is 43.8 Å². The third-order valence-electron chi connectivity index (χ3n) is 6.28. The summed E-state index contributed by atoms with van der Waals surface area (Å²) in [7, 11) is -4.48. The summed E-state index contributed by atoms with van der Waals surface area (Å²) >= 11 is 0. The van der Waals surface area contributed by atoms with Crippen molar-refractivity contribution < 1.29 is 212 Å². The fourth-order valence-corrected chi connectivity index (χ4v) is 5.81. The van der Waals surface area contributed by atoms with Gasteiger partial charge in [0, 0.05) is 22.4 Å². The molecular formula is C19H41Ag8N13O7S+. The summed E-state index contributed by atoms with van der Waals surface area (Å²) in [6.45, 7) is 14.2. The number of benzene rings is 1. The van der Waals surface area contributed by atoms with E-state index in [2.05, 4.69) is 39.2 Å². The molecule has 8 aliphatic rings. The third kappa shape index (κ3) is 21.2. The fourth-order valence-electron chi connectivity index (χ4n) is 5.30. The first-order chi connectivity index (χ1) is 16.1. The number of hydrogen-bond donors (Lipinski definition) is 2. The van der Waals surface area contributed by atoms with Crippen LogP contribution in [0.5, 0.6) is 5.75 Å². The number of rotatable bonds is 2. The van der Waals surface area contributed by atoms with Crippen LogP contribution in [0.3, 0.4) is 0 Å². The van der Waals surface area contributed by atoms with E-state index in [-0.39, 0.29) is 215 Å². The van der Waals surface area contributed by atoms with E-state index in [0.29, 0.717) is 6.07 Å². The zero-order valence-electron chi connectivity index (χ0n) is 24.5. The molecule has 1 aromatic rings. The van der Waals surface area contributed by atoms with Crippen LogP contribution in [0.4, 0.5) is 0 Å². The van der Waals surface area contributed by atoms with Crippen molar-refractivity contribution >= 4 is 16.1 Å². The van der Waals surface area contributed by atoms with Crippen molar-refractivity contribution in [2.75, 3.05) is 80.0 Å². The molecule has 48 heavy (non-hydrogen) atoms. The van der Waals surface area contributed by atoms with E-state index in [1.807, 2.05) is 0 Å². The molecule has 1 radical (unpaired) electrons. The molecule has 0 saturated carbocycles. The van der Waals surface area contributed by atoms with Gasteiger partial charge in [0.05, 0.1) is 90.5 Å². The van der Waals surface area contributed by atoms with Crippen LogP contribution < -0.4 is 5.11 Å². The standard InChI is InChI=1S/C7H6O6S.2C6H12N4.8Ag.5H2N.H2O/c8-6-2-1-4(14(11,12)13)3-5(6)7(9)10;2*1-7-2-9-4-8(1)5-10(3-7)6-9;;;;;;;;;;;;;;/h1-3,8H,(H,9,10)(H,11,12,13);2*1-6H2;;;;;;;;;6*1H2/q;;;;7*+1;5*-1;/p-1. The van der Waals surface area contributed by atoms with Crippen LogP contribution in [0.15, 0.2) is 23.1 Å². The van der Waals surface area contributed by atoms with Gasteiger partial charge in [0.25, 0.3) is 10.1 Å². The third-order valence-corrected chi connectivity index (χ3v) is 7.13. The van der Waals surface area contributed by atoms with Crippen molar-refractivity contribution in [1.82, 2.24) is 39.2 Å². The molecule has 317 valence electrons. The predicted molar refractivity (Wildman–Crippen MR) is 146 cm³/mol. The summed E-state index contributed by atoms with van der Waals surface area (Å²) < 4.78 is 29.7. The van der Waals surface area contributed by atoms with E-state index in [0.717, 1.165) is 12.1 Å². The maximum Gasteiger partial charge on any atom is 1.00 e. The van der Waals surface area contributed by atoms with Gasteiger partial charge in [-0.05, 0) is 12.1 Å². The van der Waals surface area contributed by atoms with Gasteiger partial charge in [0.2, 0.25) is 0 Å². The van der Waals surface area contributed by atoms with Crippen LogP contribution in [0.2, 0.25) is 0 Å². The maximum absolute atomic E-state index is 10.9. The van der Waals surface area contributed by atoms with E-state index < -0.39 is 32.3 Å². The van der Waals surface area contributed by atoms with Gasteiger partial charge < -0.3 is 46.4 Å². The molecule has 8 fully saturated rings. The molecule has 1 aromatic carbocycles. The Hall–Kier alpha value is 3.76. The molecule has 14 N–H and O–H groups in total. The number of carboxylic acids is 1. The van der Waals surface area contributed by atoms with Gasteiger partial charge in [0.15, 0.2) is 0 Å². The van der Waals surface area contributed by atoms with Crippen LogP contribution in [0.25, 0.3) is 30.8 Å². The summed E-state index contributed by atoms with van der Waals surface area (Å²) in [5.74, 6) is -2.36. The maximum atomic E-state index is 10.9. The van der Waals surface area contributed by atoms with Crippen LogP contribution in [-0.2, 0) is 189 Å². The Morgan fingerprint density at radius 3 is 0.938 bits per heavy atom. The molecule has 8 bridgehead atoms. The molecule has 0 aromatic heterocycles. The Bertz CT molecular complexity index is 933. The van der Waals surface area contributed by atoms with Crippen LogP contribution >= 0.6 is 0 Å². The molecule has 0 atom stereocenters. The summed E-state index contributed by atoms with van der Waals surface area (Å²) in [4.78, 5) is 29.6. The first kappa shape index (κ1) is 76.5. The molecule has 8 saturated heterocycles. The van der Waals surface area contributed by atoms with Crippen LogP contribution in [0.1, 0.15) is 10.4 Å². The monoisotopic (exact) mass is 1450 g/mol. The summed E-state index contributed by atoms with van der Waals surface area (Å²) in [6, 6.07) is 2.22. The molecule has 20 nitrogen and oxygen atoms in total. The molecule has 8 aliphatic heterocycles. The van der Waals surface area contributed by atoms with Gasteiger partial charge in [-0.15, -0.1) is 0 Å². The second-order valence-corrected chi connectivity index (χ2v) is 10.9. The second-order valence-electron chi connectivity index (χ2n) is 9.50. The van der Waals surface area contributed by atoms with Crippen molar-refractivity contribution in [2.24, 2.45) is 0 Å². The van der Waals surface area contributed by atoms with E-state index in [1.165, 1.54) is 80.0 Å². The molecule has 0 aliphatic carbocycles. The van der Waals surface area contributed by atoms with Gasteiger partial charge in [-0.1, -0.05) is 11.8 Å². The molecule has 29 heteroatoms. The molecule has 0 spiro atoms. The predicted octanol–water partition coefficient (Wildman–Crippen LogP) is 0.406. The Balaban J connectivity index is -0.0000000496. The average Bonchev–Trinajstić information content (AvgIpc) is 2.72. The summed E-state index contributed by atoms with van der Waals surface area (Å²) in [5, 5.41) is 19.4. The largest absolute Gasteiger partial charge is 1.00 e. The minimum Gasteiger partial charge on any atom is -0.872 e. The quantitative estimate of drug-likeness (QED) is 0.299. The first-order valence-corrected chi connectivity index (χ1v) is 12.4. The van der Waals surface area contributed by atoms with Crippen molar-refractivity contribution in [2.45, 2.75) is 4.90 Å². The zero-order chi connectivity index (χ0) is 24.0. The van der Waals surface area contributed by atoms with Gasteiger partial charge in [-0.25, -0.2) is 4.79 Å². The molecule has 8 heterocycles. The fraction of sp³-hybridized carbons (Fsp3) is 0.632. The molecule has 0 unspecified atom stereocenters. The molecule has 0 amide bonds. The van der Waals surface area contributed by atoms with Crippen molar-refractivity contribution in [1.29, 1.82) is 0 Å². The number of hydrogen-bond acceptors (Lipinski definition) is 12. The number of carboxylic acid groups (broad SMARTS) is 1. The Morgan fingerprint density at radius 1 is 0.562 bits per heavy atom. The molecular weight excluding hydrogens is 1420 g/mol. The smallest absolute Gasteiger partial charge is 0.872 e. The van der Waals surface area contributed by atoms with E-state index in [1.54, 1.807) is 0 Å². The van der Waals surface area contributed by atoms with Crippen molar-refractivity contribution in [3.05, 3.63) is 54.5 Å². The Kier molecular flexibility index (Phi) is 54.2. The van der Waals surface area contributed by atoms with E-state index in [9.17, 15) is 18.3 Å². The Morgan fingerprint density at radius 2 is 0.771 bits per heavy atom. The van der Waals surface area contributed by atoms with Crippen LogP contribution in [0, 0.1) is 0 Å². The SMILES string of the molecule is C1N2CN3CN1CN(C2)C3.C1N2CN3CN1CN(C2)C3.O.O=C(O)c1cc(S(=O)(=O)O)ccc1[O-].[Ag+].[Ag+].[Ag+].[Ag+].[Ag+].[Ag+].[Ag+].[Ag].[NH2-].[NH2-].[NH2-].[NH2-].[NH2-]. The second kappa shape index (κ2) is 34.0.